The van der Waals surface area contributed by atoms with Crippen LogP contribution in [0.25, 0.3) is 0 Å². The summed E-state index contributed by atoms with van der Waals surface area (Å²) in [7, 11) is 0. The first-order valence-corrected chi connectivity index (χ1v) is 7.72. The molecule has 0 aliphatic rings. The Hall–Kier alpha value is -2.49. The van der Waals surface area contributed by atoms with Crippen LogP contribution < -0.4 is 14.8 Å². The molecule has 1 unspecified atom stereocenters. The number of amides is 1. The van der Waals surface area contributed by atoms with Gasteiger partial charge in [-0.2, -0.15) is 0 Å². The number of hydrogen-bond donors (Lipinski definition) is 1. The molecule has 4 nitrogen and oxygen atoms in total. The Labute approximate surface area is 137 Å². The van der Waals surface area contributed by atoms with E-state index in [1.54, 1.807) is 0 Å². The highest BCUT2D eigenvalue weighted by Crippen LogP contribution is 2.16. The summed E-state index contributed by atoms with van der Waals surface area (Å²) in [5, 5.41) is 2.86. The van der Waals surface area contributed by atoms with Gasteiger partial charge in [0.05, 0.1) is 6.04 Å². The van der Waals surface area contributed by atoms with Crippen LogP contribution in [0.3, 0.4) is 0 Å². The molecule has 0 aliphatic carbocycles. The van der Waals surface area contributed by atoms with Crippen LogP contribution in [0, 0.1) is 13.8 Å². The molecule has 1 atom stereocenters. The lowest BCUT2D eigenvalue weighted by molar-refractivity contribution is -0.123. The van der Waals surface area contributed by atoms with Gasteiger partial charge in [-0.05, 0) is 44.5 Å². The van der Waals surface area contributed by atoms with Gasteiger partial charge in [0.15, 0.2) is 6.61 Å². The number of hydrogen-bond acceptors (Lipinski definition) is 3. The molecule has 2 aromatic carbocycles. The van der Waals surface area contributed by atoms with Gasteiger partial charge >= 0.3 is 0 Å². The second-order valence-corrected chi connectivity index (χ2v) is 5.65. The summed E-state index contributed by atoms with van der Waals surface area (Å²) in [6, 6.07) is 15.3. The van der Waals surface area contributed by atoms with Crippen molar-refractivity contribution < 1.29 is 14.3 Å². The molecule has 1 N–H and O–H groups in total. The van der Waals surface area contributed by atoms with Gasteiger partial charge in [-0.1, -0.05) is 35.9 Å². The molecule has 2 aromatic rings. The van der Waals surface area contributed by atoms with E-state index in [0.717, 1.165) is 16.9 Å². The van der Waals surface area contributed by atoms with Crippen molar-refractivity contribution in [2.45, 2.75) is 26.8 Å². The third-order valence-electron chi connectivity index (χ3n) is 3.38. The third kappa shape index (κ3) is 5.66. The summed E-state index contributed by atoms with van der Waals surface area (Å²) in [6.07, 6.45) is 0. The fourth-order valence-electron chi connectivity index (χ4n) is 2.07. The molecule has 0 aromatic heterocycles. The van der Waals surface area contributed by atoms with Crippen LogP contribution in [0.1, 0.15) is 18.1 Å². The van der Waals surface area contributed by atoms with E-state index in [1.165, 1.54) is 0 Å². The molecule has 122 valence electrons. The normalized spacial score (nSPS) is 11.6. The molecule has 0 aliphatic heterocycles. The Morgan fingerprint density at radius 2 is 1.74 bits per heavy atom. The van der Waals surface area contributed by atoms with Crippen molar-refractivity contribution in [3.05, 3.63) is 59.7 Å². The monoisotopic (exact) mass is 313 g/mol. The maximum Gasteiger partial charge on any atom is 0.258 e. The van der Waals surface area contributed by atoms with E-state index in [0.29, 0.717) is 12.4 Å². The summed E-state index contributed by atoms with van der Waals surface area (Å²) < 4.78 is 11.2. The van der Waals surface area contributed by atoms with E-state index >= 15 is 0 Å². The zero-order valence-electron chi connectivity index (χ0n) is 13.8. The van der Waals surface area contributed by atoms with Crippen molar-refractivity contribution >= 4 is 5.91 Å². The number of carbonyl (C=O) groups excluding carboxylic acids is 1. The summed E-state index contributed by atoms with van der Waals surface area (Å²) in [5.41, 5.74) is 2.23. The number of benzene rings is 2. The first-order chi connectivity index (χ1) is 11.0. The Morgan fingerprint density at radius 3 is 2.43 bits per heavy atom. The van der Waals surface area contributed by atoms with Crippen molar-refractivity contribution in [2.24, 2.45) is 0 Å². The molecular formula is C19H23NO3. The second-order valence-electron chi connectivity index (χ2n) is 5.65. The van der Waals surface area contributed by atoms with E-state index in [2.05, 4.69) is 5.32 Å². The van der Waals surface area contributed by atoms with Gasteiger partial charge in [-0.3, -0.25) is 4.79 Å². The van der Waals surface area contributed by atoms with Crippen LogP contribution in [0.2, 0.25) is 0 Å². The highest BCUT2D eigenvalue weighted by molar-refractivity contribution is 5.77. The lowest BCUT2D eigenvalue weighted by Gasteiger charge is -2.16. The van der Waals surface area contributed by atoms with Crippen molar-refractivity contribution in [1.29, 1.82) is 0 Å². The van der Waals surface area contributed by atoms with Crippen LogP contribution >= 0.6 is 0 Å². The minimum absolute atomic E-state index is 0.00222. The summed E-state index contributed by atoms with van der Waals surface area (Å²) in [5.74, 6) is 1.37. The van der Waals surface area contributed by atoms with Gasteiger partial charge in [0.2, 0.25) is 0 Å². The molecule has 4 heteroatoms. The molecule has 0 fully saturated rings. The lowest BCUT2D eigenvalue weighted by Crippen LogP contribution is -2.39. The Morgan fingerprint density at radius 1 is 1.04 bits per heavy atom. The fraction of sp³-hybridized carbons (Fsp3) is 0.316. The highest BCUT2D eigenvalue weighted by atomic mass is 16.5. The molecule has 0 spiro atoms. The van der Waals surface area contributed by atoms with Gasteiger partial charge in [0, 0.05) is 0 Å². The number of nitrogens with one attached hydrogen (secondary N) is 1. The average molecular weight is 313 g/mol. The zero-order valence-corrected chi connectivity index (χ0v) is 13.8. The van der Waals surface area contributed by atoms with Crippen LogP contribution in [-0.4, -0.2) is 25.2 Å². The molecule has 0 bridgehead atoms. The van der Waals surface area contributed by atoms with Crippen molar-refractivity contribution in [2.75, 3.05) is 13.2 Å². The zero-order chi connectivity index (χ0) is 16.7. The number of ether oxygens (including phenoxy) is 2. The summed E-state index contributed by atoms with van der Waals surface area (Å²) >= 11 is 0. The quantitative estimate of drug-likeness (QED) is 0.853. The molecule has 0 heterocycles. The van der Waals surface area contributed by atoms with E-state index in [9.17, 15) is 4.79 Å². The predicted molar refractivity (Wildman–Crippen MR) is 91.0 cm³/mol. The number of rotatable bonds is 7. The summed E-state index contributed by atoms with van der Waals surface area (Å²) in [6.45, 7) is 6.32. The third-order valence-corrected chi connectivity index (χ3v) is 3.38. The minimum atomic E-state index is -0.161. The van der Waals surface area contributed by atoms with E-state index in [1.807, 2.05) is 69.3 Å². The number of carbonyl (C=O) groups is 1. The maximum absolute atomic E-state index is 11.9. The van der Waals surface area contributed by atoms with Gasteiger partial charge in [-0.15, -0.1) is 0 Å². The average Bonchev–Trinajstić information content (AvgIpc) is 2.53. The van der Waals surface area contributed by atoms with Gasteiger partial charge in [-0.25, -0.2) is 0 Å². The highest BCUT2D eigenvalue weighted by Gasteiger charge is 2.09. The van der Waals surface area contributed by atoms with Gasteiger partial charge in [0.25, 0.3) is 5.91 Å². The van der Waals surface area contributed by atoms with E-state index in [-0.39, 0.29) is 18.6 Å². The molecule has 2 rings (SSSR count). The van der Waals surface area contributed by atoms with Crippen molar-refractivity contribution in [1.82, 2.24) is 5.32 Å². The lowest BCUT2D eigenvalue weighted by atomic mass is 10.2. The standard InChI is InChI=1S/C19H23NO3/c1-14-8-10-17(11-9-14)22-13-19(21)20-16(3)12-23-18-7-5-4-6-15(18)2/h4-11,16H,12-13H2,1-3H3,(H,20,21). The van der Waals surface area contributed by atoms with Crippen LogP contribution in [-0.2, 0) is 4.79 Å². The van der Waals surface area contributed by atoms with E-state index in [4.69, 9.17) is 9.47 Å². The topological polar surface area (TPSA) is 47.6 Å². The van der Waals surface area contributed by atoms with Gasteiger partial charge in [0.1, 0.15) is 18.1 Å². The molecule has 23 heavy (non-hydrogen) atoms. The fourth-order valence-corrected chi connectivity index (χ4v) is 2.07. The second kappa shape index (κ2) is 8.22. The first-order valence-electron chi connectivity index (χ1n) is 7.72. The largest absolute Gasteiger partial charge is 0.491 e. The predicted octanol–water partition coefficient (Wildman–Crippen LogP) is 3.27. The van der Waals surface area contributed by atoms with Gasteiger partial charge < -0.3 is 14.8 Å². The van der Waals surface area contributed by atoms with E-state index < -0.39 is 0 Å². The van der Waals surface area contributed by atoms with Crippen LogP contribution in [0.4, 0.5) is 0 Å². The SMILES string of the molecule is Cc1ccc(OCC(=O)NC(C)COc2ccccc2C)cc1. The molecule has 1 amide bonds. The Kier molecular flexibility index (Phi) is 6.03. The number of para-hydroxylation sites is 1. The van der Waals surface area contributed by atoms with Crippen molar-refractivity contribution in [3.8, 4) is 11.5 Å². The Balaban J connectivity index is 1.72. The summed E-state index contributed by atoms with van der Waals surface area (Å²) in [4.78, 5) is 11.9. The molecule has 0 saturated heterocycles. The molecular weight excluding hydrogens is 290 g/mol. The maximum atomic E-state index is 11.9. The Bertz CT molecular complexity index is 637. The molecule has 0 saturated carbocycles. The van der Waals surface area contributed by atoms with Crippen LogP contribution in [0.15, 0.2) is 48.5 Å². The first kappa shape index (κ1) is 16.9. The molecule has 0 radical (unpaired) electrons. The number of aryl methyl sites for hydroxylation is 2. The van der Waals surface area contributed by atoms with Crippen LogP contribution in [0.5, 0.6) is 11.5 Å². The smallest absolute Gasteiger partial charge is 0.258 e. The minimum Gasteiger partial charge on any atom is -0.491 e. The van der Waals surface area contributed by atoms with Crippen molar-refractivity contribution in [3.63, 3.8) is 0 Å².